The smallest absolute Gasteiger partial charge is 0.268 e. The van der Waals surface area contributed by atoms with Gasteiger partial charge in [0.1, 0.15) is 6.04 Å². The van der Waals surface area contributed by atoms with Gasteiger partial charge >= 0.3 is 0 Å². The summed E-state index contributed by atoms with van der Waals surface area (Å²) < 4.78 is 27.7. The highest BCUT2D eigenvalue weighted by molar-refractivity contribution is 7.89. The summed E-state index contributed by atoms with van der Waals surface area (Å²) >= 11 is 0. The van der Waals surface area contributed by atoms with Crippen LogP contribution in [0.15, 0.2) is 89.8 Å². The summed E-state index contributed by atoms with van der Waals surface area (Å²) in [5, 5.41) is 0. The number of benzene rings is 3. The van der Waals surface area contributed by atoms with Crippen molar-refractivity contribution in [2.75, 3.05) is 0 Å². The summed E-state index contributed by atoms with van der Waals surface area (Å²) in [5.74, 6) is 1.81. The molecule has 4 nitrogen and oxygen atoms in total. The van der Waals surface area contributed by atoms with Crippen LogP contribution in [-0.4, -0.2) is 18.6 Å². The van der Waals surface area contributed by atoms with E-state index in [1.54, 1.807) is 72.8 Å². The number of amides is 1. The molecule has 140 valence electrons. The highest BCUT2D eigenvalue weighted by Crippen LogP contribution is 2.29. The number of hydrogen-bond acceptors (Lipinski definition) is 3. The number of terminal acetylenes is 1. The van der Waals surface area contributed by atoms with Gasteiger partial charge < -0.3 is 0 Å². The van der Waals surface area contributed by atoms with Gasteiger partial charge in [0.2, 0.25) is 0 Å². The van der Waals surface area contributed by atoms with Crippen molar-refractivity contribution in [2.24, 2.45) is 0 Å². The molecular weight excluding hydrogens is 370 g/mol. The summed E-state index contributed by atoms with van der Waals surface area (Å²) in [6.07, 6.45) is 5.71. The zero-order valence-corrected chi connectivity index (χ0v) is 16.1. The molecule has 3 aromatic rings. The molecule has 3 rings (SSSR count). The molecule has 0 N–H and O–H groups in total. The summed E-state index contributed by atoms with van der Waals surface area (Å²) in [4.78, 5) is 13.3. The first-order valence-electron chi connectivity index (χ1n) is 8.66. The monoisotopic (exact) mass is 389 g/mol. The lowest BCUT2D eigenvalue weighted by Crippen LogP contribution is -2.39. The normalized spacial score (nSPS) is 12.0. The van der Waals surface area contributed by atoms with Crippen molar-refractivity contribution < 1.29 is 13.2 Å². The van der Waals surface area contributed by atoms with Crippen LogP contribution in [0, 0.1) is 19.3 Å². The largest absolute Gasteiger partial charge is 0.269 e. The van der Waals surface area contributed by atoms with Gasteiger partial charge in [0.25, 0.3) is 15.9 Å². The Kier molecular flexibility index (Phi) is 5.62. The topological polar surface area (TPSA) is 54.5 Å². The molecule has 0 aliphatic rings. The third-order valence-electron chi connectivity index (χ3n) is 4.31. The third-order valence-corrected chi connectivity index (χ3v) is 6.07. The zero-order valence-electron chi connectivity index (χ0n) is 15.3. The molecule has 5 heteroatoms. The van der Waals surface area contributed by atoms with E-state index >= 15 is 0 Å². The zero-order chi connectivity index (χ0) is 20.1. The number of carbonyl (C=O) groups excluding carboxylic acids is 1. The minimum Gasteiger partial charge on any atom is -0.268 e. The van der Waals surface area contributed by atoms with Gasteiger partial charge in [-0.2, -0.15) is 0 Å². The lowest BCUT2D eigenvalue weighted by atomic mass is 10.1. The second-order valence-corrected chi connectivity index (χ2v) is 8.08. The minimum atomic E-state index is -4.18. The molecule has 1 amide bonds. The molecule has 0 saturated carbocycles. The summed E-state index contributed by atoms with van der Waals surface area (Å²) in [6.45, 7) is 1.86. The van der Waals surface area contributed by atoms with Gasteiger partial charge in [-0.05, 0) is 36.8 Å². The first-order valence-corrected chi connectivity index (χ1v) is 10.1. The van der Waals surface area contributed by atoms with Crippen molar-refractivity contribution >= 4 is 15.9 Å². The number of hydrogen-bond donors (Lipinski definition) is 0. The van der Waals surface area contributed by atoms with E-state index in [-0.39, 0.29) is 10.5 Å². The van der Waals surface area contributed by atoms with Crippen LogP contribution in [0.5, 0.6) is 0 Å². The van der Waals surface area contributed by atoms with Crippen molar-refractivity contribution in [1.82, 2.24) is 4.31 Å². The molecule has 0 spiro atoms. The molecular formula is C23H19NO3S. The molecule has 28 heavy (non-hydrogen) atoms. The number of carbonyl (C=O) groups is 1. The van der Waals surface area contributed by atoms with Crippen LogP contribution in [-0.2, 0) is 10.0 Å². The fourth-order valence-electron chi connectivity index (χ4n) is 2.83. The molecule has 0 bridgehead atoms. The van der Waals surface area contributed by atoms with Gasteiger partial charge in [-0.25, -0.2) is 12.7 Å². The van der Waals surface area contributed by atoms with Crippen molar-refractivity contribution in [3.8, 4) is 12.3 Å². The standard InChI is InChI=1S/C23H19NO3S/c1-3-22(19-10-6-4-7-11-19)24(23(25)20-12-8-5-9-13-20)28(26,27)21-16-14-18(2)15-17-21/h1,4-17,22H,2H3. The molecule has 0 saturated heterocycles. The van der Waals surface area contributed by atoms with Crippen molar-refractivity contribution in [1.29, 1.82) is 0 Å². The lowest BCUT2D eigenvalue weighted by Gasteiger charge is -2.28. The Morgan fingerprint density at radius 2 is 1.43 bits per heavy atom. The Morgan fingerprint density at radius 3 is 1.96 bits per heavy atom. The van der Waals surface area contributed by atoms with Crippen LogP contribution in [0.2, 0.25) is 0 Å². The fraction of sp³-hybridized carbons (Fsp3) is 0.0870. The number of aryl methyl sites for hydroxylation is 1. The Hall–Kier alpha value is -3.36. The molecule has 0 aliphatic carbocycles. The molecule has 0 fully saturated rings. The fourth-order valence-corrected chi connectivity index (χ4v) is 4.32. The van der Waals surface area contributed by atoms with Crippen molar-refractivity contribution in [3.05, 3.63) is 102 Å². The van der Waals surface area contributed by atoms with E-state index in [0.717, 1.165) is 9.87 Å². The Bertz CT molecular complexity index is 1100. The quantitative estimate of drug-likeness (QED) is 0.615. The van der Waals surface area contributed by atoms with Crippen molar-refractivity contribution in [2.45, 2.75) is 17.9 Å². The van der Waals surface area contributed by atoms with Gasteiger partial charge in [0.15, 0.2) is 0 Å². The predicted octanol–water partition coefficient (Wildman–Crippen LogP) is 4.20. The molecule has 0 aliphatic heterocycles. The third kappa shape index (κ3) is 3.83. The molecule has 1 unspecified atom stereocenters. The Morgan fingerprint density at radius 1 is 0.893 bits per heavy atom. The molecule has 0 heterocycles. The van der Waals surface area contributed by atoms with E-state index in [9.17, 15) is 13.2 Å². The average molecular weight is 389 g/mol. The predicted molar refractivity (Wildman–Crippen MR) is 109 cm³/mol. The second kappa shape index (κ2) is 8.12. The van der Waals surface area contributed by atoms with E-state index in [4.69, 9.17) is 6.42 Å². The van der Waals surface area contributed by atoms with Gasteiger partial charge in [-0.3, -0.25) is 4.79 Å². The van der Waals surface area contributed by atoms with E-state index in [2.05, 4.69) is 5.92 Å². The van der Waals surface area contributed by atoms with Gasteiger partial charge in [-0.15, -0.1) is 6.42 Å². The minimum absolute atomic E-state index is 0.0126. The first-order chi connectivity index (χ1) is 13.4. The summed E-state index contributed by atoms with van der Waals surface area (Å²) in [5.41, 5.74) is 1.70. The van der Waals surface area contributed by atoms with Crippen LogP contribution in [0.1, 0.15) is 27.5 Å². The van der Waals surface area contributed by atoms with Crippen LogP contribution in [0.4, 0.5) is 0 Å². The summed E-state index contributed by atoms with van der Waals surface area (Å²) in [6, 6.07) is 22.2. The summed E-state index contributed by atoms with van der Waals surface area (Å²) in [7, 11) is -4.18. The van der Waals surface area contributed by atoms with Gasteiger partial charge in [0.05, 0.1) is 4.90 Å². The van der Waals surface area contributed by atoms with Crippen LogP contribution in [0.25, 0.3) is 0 Å². The number of sulfonamides is 1. The van der Waals surface area contributed by atoms with Crippen molar-refractivity contribution in [3.63, 3.8) is 0 Å². The van der Waals surface area contributed by atoms with E-state index in [1.807, 2.05) is 6.92 Å². The molecule has 0 aromatic heterocycles. The maximum atomic E-state index is 13.4. The lowest BCUT2D eigenvalue weighted by molar-refractivity contribution is 0.0841. The molecule has 1 atom stereocenters. The Labute approximate surface area is 165 Å². The average Bonchev–Trinajstić information content (AvgIpc) is 2.73. The Balaban J connectivity index is 2.18. The van der Waals surface area contributed by atoms with Crippen LogP contribution in [0.3, 0.4) is 0 Å². The SMILES string of the molecule is C#CC(c1ccccc1)N(C(=O)c1ccccc1)S(=O)(=O)c1ccc(C)cc1. The maximum absolute atomic E-state index is 13.4. The van der Waals surface area contributed by atoms with Gasteiger partial charge in [0, 0.05) is 5.56 Å². The molecule has 0 radical (unpaired) electrons. The molecule has 3 aromatic carbocycles. The van der Waals surface area contributed by atoms with E-state index in [1.165, 1.54) is 12.1 Å². The van der Waals surface area contributed by atoms with E-state index in [0.29, 0.717) is 5.56 Å². The van der Waals surface area contributed by atoms with E-state index < -0.39 is 22.0 Å². The van der Waals surface area contributed by atoms with Crippen LogP contribution >= 0.6 is 0 Å². The highest BCUT2D eigenvalue weighted by atomic mass is 32.2. The van der Waals surface area contributed by atoms with Crippen LogP contribution < -0.4 is 0 Å². The second-order valence-electron chi connectivity index (χ2n) is 6.26. The van der Waals surface area contributed by atoms with Gasteiger partial charge in [-0.1, -0.05) is 72.1 Å². The highest BCUT2D eigenvalue weighted by Gasteiger charge is 2.36. The number of nitrogens with zero attached hydrogens (tertiary/aromatic N) is 1. The maximum Gasteiger partial charge on any atom is 0.269 e. The first kappa shape index (κ1) is 19.4. The number of rotatable bonds is 5.